The predicted molar refractivity (Wildman–Crippen MR) is 116 cm³/mol. The summed E-state index contributed by atoms with van der Waals surface area (Å²) in [5, 5.41) is 5.90. The van der Waals surface area contributed by atoms with Crippen molar-refractivity contribution in [1.29, 1.82) is 0 Å². The lowest BCUT2D eigenvalue weighted by atomic mass is 10.1. The number of carbonyl (C=O) groups excluding carboxylic acids is 3. The lowest BCUT2D eigenvalue weighted by molar-refractivity contribution is 0.0469. The van der Waals surface area contributed by atoms with E-state index in [1.165, 1.54) is 11.4 Å². The van der Waals surface area contributed by atoms with E-state index in [1.54, 1.807) is 10.7 Å². The fourth-order valence-corrected chi connectivity index (χ4v) is 3.77. The summed E-state index contributed by atoms with van der Waals surface area (Å²) in [6, 6.07) is 22.0. The molecule has 2 heterocycles. The van der Waals surface area contributed by atoms with Gasteiger partial charge in [0.1, 0.15) is 0 Å². The standard InChI is InChI=1S/C23H17N3O4S/c24-22(28)16-11-21(31-14-16)20(27)13-30-23(29)18-12-19(15-7-3-1-4-8-15)26(25-18)17-9-5-2-6-10-17/h1-12,14H,13H2,(H2,24,28). The minimum atomic E-state index is -0.716. The van der Waals surface area contributed by atoms with Crippen LogP contribution in [0.5, 0.6) is 0 Å². The first kappa shape index (κ1) is 20.2. The van der Waals surface area contributed by atoms with Crippen LogP contribution in [0.25, 0.3) is 16.9 Å². The third-order valence-corrected chi connectivity index (χ3v) is 5.45. The highest BCUT2D eigenvalue weighted by molar-refractivity contribution is 7.12. The van der Waals surface area contributed by atoms with Crippen molar-refractivity contribution in [1.82, 2.24) is 9.78 Å². The van der Waals surface area contributed by atoms with Gasteiger partial charge in [0.2, 0.25) is 11.7 Å². The molecule has 0 fully saturated rings. The molecule has 8 heteroatoms. The zero-order valence-electron chi connectivity index (χ0n) is 16.2. The number of primary amides is 1. The molecule has 0 saturated carbocycles. The first-order chi connectivity index (χ1) is 15.0. The van der Waals surface area contributed by atoms with Crippen molar-refractivity contribution in [2.24, 2.45) is 5.73 Å². The normalized spacial score (nSPS) is 10.6. The van der Waals surface area contributed by atoms with Gasteiger partial charge in [-0.1, -0.05) is 48.5 Å². The molecule has 0 aliphatic carbocycles. The molecule has 0 atom stereocenters. The minimum absolute atomic E-state index is 0.0829. The van der Waals surface area contributed by atoms with Gasteiger partial charge in [0.05, 0.1) is 21.8 Å². The van der Waals surface area contributed by atoms with Crippen LogP contribution in [0, 0.1) is 0 Å². The fraction of sp³-hybridized carbons (Fsp3) is 0.0435. The third-order valence-electron chi connectivity index (χ3n) is 4.48. The first-order valence-electron chi connectivity index (χ1n) is 9.32. The number of ether oxygens (including phenoxy) is 1. The van der Waals surface area contributed by atoms with Gasteiger partial charge in [0.25, 0.3) is 0 Å². The Kier molecular flexibility index (Phi) is 5.72. The molecule has 0 aliphatic rings. The Hall–Kier alpha value is -4.04. The van der Waals surface area contributed by atoms with Crippen molar-refractivity contribution in [2.45, 2.75) is 0 Å². The molecule has 4 aromatic rings. The average molecular weight is 431 g/mol. The number of Topliss-reactive ketones (excluding diaryl/α,β-unsaturated/α-hetero) is 1. The number of rotatable bonds is 7. The molecule has 31 heavy (non-hydrogen) atoms. The van der Waals surface area contributed by atoms with Crippen LogP contribution in [0.3, 0.4) is 0 Å². The molecule has 0 spiro atoms. The Balaban J connectivity index is 1.56. The van der Waals surface area contributed by atoms with Gasteiger partial charge in [0.15, 0.2) is 12.3 Å². The highest BCUT2D eigenvalue weighted by Crippen LogP contribution is 2.24. The molecule has 7 nitrogen and oxygen atoms in total. The van der Waals surface area contributed by atoms with Crippen LogP contribution in [-0.2, 0) is 4.74 Å². The highest BCUT2D eigenvalue weighted by atomic mass is 32.1. The van der Waals surface area contributed by atoms with E-state index in [4.69, 9.17) is 10.5 Å². The SMILES string of the molecule is NC(=O)c1csc(C(=O)COC(=O)c2cc(-c3ccccc3)n(-c3ccccc3)n2)c1. The van der Waals surface area contributed by atoms with Crippen LogP contribution in [0.4, 0.5) is 0 Å². The Morgan fingerprint density at radius 1 is 0.968 bits per heavy atom. The van der Waals surface area contributed by atoms with E-state index in [1.807, 2.05) is 60.7 Å². The monoisotopic (exact) mass is 431 g/mol. The van der Waals surface area contributed by atoms with E-state index in [-0.39, 0.29) is 11.3 Å². The van der Waals surface area contributed by atoms with Crippen molar-refractivity contribution < 1.29 is 19.1 Å². The molecule has 1 amide bonds. The summed E-state index contributed by atoms with van der Waals surface area (Å²) in [5.41, 5.74) is 7.91. The molecule has 154 valence electrons. The summed E-state index contributed by atoms with van der Waals surface area (Å²) < 4.78 is 6.84. The summed E-state index contributed by atoms with van der Waals surface area (Å²) in [5.74, 6) is -1.75. The van der Waals surface area contributed by atoms with E-state index in [2.05, 4.69) is 5.10 Å². The quantitative estimate of drug-likeness (QED) is 0.355. The number of hydrogen-bond acceptors (Lipinski definition) is 6. The van der Waals surface area contributed by atoms with Crippen LogP contribution in [0.2, 0.25) is 0 Å². The second-order valence-electron chi connectivity index (χ2n) is 6.59. The third kappa shape index (κ3) is 4.44. The smallest absolute Gasteiger partial charge is 0.359 e. The largest absolute Gasteiger partial charge is 0.452 e. The van der Waals surface area contributed by atoms with Gasteiger partial charge in [-0.3, -0.25) is 9.59 Å². The molecule has 0 bridgehead atoms. The summed E-state index contributed by atoms with van der Waals surface area (Å²) in [6.07, 6.45) is 0. The van der Waals surface area contributed by atoms with Gasteiger partial charge in [-0.05, 0) is 24.3 Å². The lowest BCUT2D eigenvalue weighted by Crippen LogP contribution is -2.14. The molecule has 2 aromatic heterocycles. The van der Waals surface area contributed by atoms with Crippen LogP contribution in [0.15, 0.2) is 78.2 Å². The molecule has 0 unspecified atom stereocenters. The van der Waals surface area contributed by atoms with Gasteiger partial charge < -0.3 is 10.5 Å². The second-order valence-corrected chi connectivity index (χ2v) is 7.50. The predicted octanol–water partition coefficient (Wildman–Crippen LogP) is 3.74. The number of benzene rings is 2. The number of aromatic nitrogens is 2. The molecule has 4 rings (SSSR count). The number of nitrogens with two attached hydrogens (primary N) is 1. The summed E-state index contributed by atoms with van der Waals surface area (Å²) in [4.78, 5) is 36.4. The van der Waals surface area contributed by atoms with Crippen LogP contribution >= 0.6 is 11.3 Å². The summed E-state index contributed by atoms with van der Waals surface area (Å²) in [6.45, 7) is -0.462. The molecule has 2 aromatic carbocycles. The zero-order chi connectivity index (χ0) is 21.8. The number of amides is 1. The Morgan fingerprint density at radius 2 is 1.65 bits per heavy atom. The molecule has 0 radical (unpaired) electrons. The Labute approximate surface area is 181 Å². The van der Waals surface area contributed by atoms with E-state index in [9.17, 15) is 14.4 Å². The van der Waals surface area contributed by atoms with Crippen LogP contribution in [0.1, 0.15) is 30.5 Å². The zero-order valence-corrected chi connectivity index (χ0v) is 17.0. The number of carbonyl (C=O) groups is 3. The van der Waals surface area contributed by atoms with E-state index < -0.39 is 24.3 Å². The number of esters is 1. The van der Waals surface area contributed by atoms with Gasteiger partial charge in [-0.25, -0.2) is 9.48 Å². The topological polar surface area (TPSA) is 104 Å². The Bertz CT molecular complexity index is 1190. The summed E-state index contributed by atoms with van der Waals surface area (Å²) >= 11 is 1.07. The maximum Gasteiger partial charge on any atom is 0.359 e. The van der Waals surface area contributed by atoms with Crippen molar-refractivity contribution in [3.8, 4) is 16.9 Å². The van der Waals surface area contributed by atoms with Gasteiger partial charge in [-0.2, -0.15) is 5.10 Å². The van der Waals surface area contributed by atoms with Gasteiger partial charge >= 0.3 is 5.97 Å². The van der Waals surface area contributed by atoms with E-state index in [0.717, 1.165) is 28.3 Å². The van der Waals surface area contributed by atoms with Crippen LogP contribution in [-0.4, -0.2) is 34.0 Å². The number of nitrogens with zero attached hydrogens (tertiary/aromatic N) is 2. The molecule has 2 N–H and O–H groups in total. The first-order valence-corrected chi connectivity index (χ1v) is 10.2. The van der Waals surface area contributed by atoms with Gasteiger partial charge in [-0.15, -0.1) is 11.3 Å². The van der Waals surface area contributed by atoms with Crippen molar-refractivity contribution >= 4 is 29.0 Å². The summed E-state index contributed by atoms with van der Waals surface area (Å²) in [7, 11) is 0. The average Bonchev–Trinajstić information content (AvgIpc) is 3.47. The van der Waals surface area contributed by atoms with Gasteiger partial charge in [0, 0.05) is 10.9 Å². The van der Waals surface area contributed by atoms with Crippen molar-refractivity contribution in [2.75, 3.05) is 6.61 Å². The van der Waals surface area contributed by atoms with Crippen LogP contribution < -0.4 is 5.73 Å². The fourth-order valence-electron chi connectivity index (χ4n) is 2.95. The van der Waals surface area contributed by atoms with Crippen molar-refractivity contribution in [3.63, 3.8) is 0 Å². The Morgan fingerprint density at radius 3 is 2.29 bits per heavy atom. The molecule has 0 aliphatic heterocycles. The molecule has 0 saturated heterocycles. The second kappa shape index (κ2) is 8.76. The number of thiophene rings is 1. The lowest BCUT2D eigenvalue weighted by Gasteiger charge is -2.07. The molecular weight excluding hydrogens is 414 g/mol. The van der Waals surface area contributed by atoms with Crippen molar-refractivity contribution in [3.05, 3.63) is 94.3 Å². The highest BCUT2D eigenvalue weighted by Gasteiger charge is 2.20. The maximum atomic E-state index is 12.6. The van der Waals surface area contributed by atoms with E-state index >= 15 is 0 Å². The number of hydrogen-bond donors (Lipinski definition) is 1. The van der Waals surface area contributed by atoms with E-state index in [0.29, 0.717) is 4.88 Å². The maximum absolute atomic E-state index is 12.6. The molecular formula is C23H17N3O4S. The number of ketones is 1. The minimum Gasteiger partial charge on any atom is -0.452 e. The number of para-hydroxylation sites is 1.